The maximum Gasteiger partial charge on any atom is 0.237 e. The number of hydrogen-bond acceptors (Lipinski definition) is 4. The van der Waals surface area contributed by atoms with E-state index in [9.17, 15) is 0 Å². The van der Waals surface area contributed by atoms with E-state index in [4.69, 9.17) is 4.42 Å². The quantitative estimate of drug-likeness (QED) is 0.935. The minimum atomic E-state index is -0.0222. The largest absolute Gasteiger partial charge is 0.423 e. The van der Waals surface area contributed by atoms with Gasteiger partial charge in [-0.25, -0.2) is 0 Å². The lowest BCUT2D eigenvalue weighted by molar-refractivity contribution is 0.327. The van der Waals surface area contributed by atoms with Crippen LogP contribution in [0, 0.1) is 11.8 Å². The van der Waals surface area contributed by atoms with Crippen LogP contribution >= 0.6 is 0 Å². The van der Waals surface area contributed by atoms with Crippen molar-refractivity contribution in [2.24, 2.45) is 11.8 Å². The first kappa shape index (κ1) is 13.0. The molecule has 1 N–H and O–H groups in total. The van der Waals surface area contributed by atoms with Gasteiger partial charge in [0.1, 0.15) is 6.04 Å². The summed E-state index contributed by atoms with van der Waals surface area (Å²) in [5, 5.41) is 11.9. The number of nitrogens with one attached hydrogen (secondary N) is 1. The molecule has 2 aromatic rings. The molecular weight excluding hydrogens is 262 g/mol. The van der Waals surface area contributed by atoms with Crippen LogP contribution in [0.5, 0.6) is 0 Å². The molecule has 0 radical (unpaired) electrons. The van der Waals surface area contributed by atoms with Gasteiger partial charge in [-0.2, -0.15) is 0 Å². The predicted octanol–water partition coefficient (Wildman–Crippen LogP) is 3.28. The summed E-state index contributed by atoms with van der Waals surface area (Å²) in [4.78, 5) is 0. The van der Waals surface area contributed by atoms with Gasteiger partial charge in [0.15, 0.2) is 0 Å². The van der Waals surface area contributed by atoms with Crippen molar-refractivity contribution in [1.29, 1.82) is 0 Å². The van der Waals surface area contributed by atoms with E-state index in [1.54, 1.807) is 0 Å². The average molecular weight is 283 g/mol. The van der Waals surface area contributed by atoms with Crippen molar-refractivity contribution in [2.75, 3.05) is 7.05 Å². The van der Waals surface area contributed by atoms with E-state index < -0.39 is 0 Å². The summed E-state index contributed by atoms with van der Waals surface area (Å²) in [6.07, 6.45) is 5.32. The van der Waals surface area contributed by atoms with Gasteiger partial charge in [-0.1, -0.05) is 36.8 Å². The molecule has 21 heavy (non-hydrogen) atoms. The summed E-state index contributed by atoms with van der Waals surface area (Å²) in [5.41, 5.74) is 1.16. The molecule has 0 saturated heterocycles. The normalized spacial score (nSPS) is 28.9. The first-order valence-electron chi connectivity index (χ1n) is 7.90. The summed E-state index contributed by atoms with van der Waals surface area (Å²) in [7, 11) is 1.93. The number of nitrogens with zero attached hydrogens (tertiary/aromatic N) is 2. The molecule has 2 aliphatic carbocycles. The second-order valence-corrected chi connectivity index (χ2v) is 6.39. The topological polar surface area (TPSA) is 51.0 Å². The molecule has 1 aromatic carbocycles. The zero-order valence-electron chi connectivity index (χ0n) is 12.3. The number of aromatic nitrogens is 2. The van der Waals surface area contributed by atoms with E-state index >= 15 is 0 Å². The third kappa shape index (κ3) is 2.27. The van der Waals surface area contributed by atoms with Gasteiger partial charge in [-0.3, -0.25) is 0 Å². The fourth-order valence-corrected chi connectivity index (χ4v) is 4.14. The van der Waals surface area contributed by atoms with Crippen molar-refractivity contribution in [2.45, 2.75) is 37.6 Å². The standard InChI is InChI=1S/C17H21N3O/c1-18-15(12-5-3-2-4-6-12)17-20-19-16(21-17)14-10-11-7-8-13(14)9-11/h2-6,11,13-15,18H,7-10H2,1H3. The Labute approximate surface area is 125 Å². The molecule has 2 aliphatic rings. The number of rotatable bonds is 4. The van der Waals surface area contributed by atoms with Gasteiger partial charge in [0, 0.05) is 5.92 Å². The van der Waals surface area contributed by atoms with E-state index in [0.29, 0.717) is 11.8 Å². The minimum absolute atomic E-state index is 0.0222. The van der Waals surface area contributed by atoms with Crippen LogP contribution in [0.2, 0.25) is 0 Å². The van der Waals surface area contributed by atoms with Crippen LogP contribution in [0.25, 0.3) is 0 Å². The Morgan fingerprint density at radius 1 is 1.14 bits per heavy atom. The highest BCUT2D eigenvalue weighted by Gasteiger charge is 2.43. The van der Waals surface area contributed by atoms with Crippen molar-refractivity contribution in [1.82, 2.24) is 15.5 Å². The first-order valence-corrected chi connectivity index (χ1v) is 7.90. The third-order valence-electron chi connectivity index (χ3n) is 5.18. The zero-order valence-corrected chi connectivity index (χ0v) is 12.3. The van der Waals surface area contributed by atoms with E-state index in [2.05, 4.69) is 27.6 Å². The third-order valence-corrected chi connectivity index (χ3v) is 5.18. The molecule has 2 bridgehead atoms. The summed E-state index contributed by atoms with van der Waals surface area (Å²) in [5.74, 6) is 3.70. The molecule has 4 rings (SSSR count). The Bertz CT molecular complexity index is 610. The highest BCUT2D eigenvalue weighted by atomic mass is 16.4. The molecule has 2 fully saturated rings. The second kappa shape index (κ2) is 5.26. The maximum atomic E-state index is 6.04. The molecular formula is C17H21N3O. The fraction of sp³-hybridized carbons (Fsp3) is 0.529. The number of fused-ring (bicyclic) bond motifs is 2. The first-order chi connectivity index (χ1) is 10.3. The Hall–Kier alpha value is -1.68. The van der Waals surface area contributed by atoms with Crippen LogP contribution in [-0.4, -0.2) is 17.2 Å². The van der Waals surface area contributed by atoms with Gasteiger partial charge >= 0.3 is 0 Å². The second-order valence-electron chi connectivity index (χ2n) is 6.39. The van der Waals surface area contributed by atoms with Gasteiger partial charge < -0.3 is 9.73 Å². The Morgan fingerprint density at radius 3 is 2.67 bits per heavy atom. The van der Waals surface area contributed by atoms with E-state index in [1.807, 2.05) is 25.2 Å². The summed E-state index contributed by atoms with van der Waals surface area (Å²) in [6.45, 7) is 0. The molecule has 2 saturated carbocycles. The Kier molecular flexibility index (Phi) is 3.26. The van der Waals surface area contributed by atoms with Gasteiger partial charge in [-0.15, -0.1) is 10.2 Å². The molecule has 4 heteroatoms. The summed E-state index contributed by atoms with van der Waals surface area (Å²) >= 11 is 0. The van der Waals surface area contributed by atoms with Crippen molar-refractivity contribution < 1.29 is 4.42 Å². The van der Waals surface area contributed by atoms with Crippen molar-refractivity contribution in [3.05, 3.63) is 47.7 Å². The lowest BCUT2D eigenvalue weighted by Crippen LogP contribution is -2.17. The SMILES string of the molecule is CNC(c1ccccc1)c1nnc(C2CC3CCC2C3)o1. The van der Waals surface area contributed by atoms with Crippen LogP contribution in [0.3, 0.4) is 0 Å². The van der Waals surface area contributed by atoms with Gasteiger partial charge in [-0.05, 0) is 43.7 Å². The maximum absolute atomic E-state index is 6.04. The van der Waals surface area contributed by atoms with Gasteiger partial charge in [0.05, 0.1) is 0 Å². The summed E-state index contributed by atoms with van der Waals surface area (Å²) < 4.78 is 6.04. The zero-order chi connectivity index (χ0) is 14.2. The Morgan fingerprint density at radius 2 is 2.00 bits per heavy atom. The monoisotopic (exact) mass is 283 g/mol. The van der Waals surface area contributed by atoms with Crippen molar-refractivity contribution in [3.63, 3.8) is 0 Å². The molecule has 1 aromatic heterocycles. The van der Waals surface area contributed by atoms with Gasteiger partial charge in [0.2, 0.25) is 11.8 Å². The lowest BCUT2D eigenvalue weighted by Gasteiger charge is -2.17. The molecule has 4 unspecified atom stereocenters. The molecule has 0 amide bonds. The van der Waals surface area contributed by atoms with Crippen LogP contribution in [0.4, 0.5) is 0 Å². The molecule has 110 valence electrons. The molecule has 0 aliphatic heterocycles. The molecule has 0 spiro atoms. The van der Waals surface area contributed by atoms with E-state index in [1.165, 1.54) is 25.7 Å². The van der Waals surface area contributed by atoms with Crippen LogP contribution in [-0.2, 0) is 0 Å². The number of benzene rings is 1. The number of hydrogen-bond donors (Lipinski definition) is 1. The van der Waals surface area contributed by atoms with E-state index in [0.717, 1.165) is 23.3 Å². The molecule has 4 nitrogen and oxygen atoms in total. The minimum Gasteiger partial charge on any atom is -0.423 e. The van der Waals surface area contributed by atoms with Crippen LogP contribution < -0.4 is 5.32 Å². The van der Waals surface area contributed by atoms with Crippen molar-refractivity contribution in [3.8, 4) is 0 Å². The van der Waals surface area contributed by atoms with Crippen molar-refractivity contribution >= 4 is 0 Å². The highest BCUT2D eigenvalue weighted by molar-refractivity contribution is 5.23. The summed E-state index contributed by atoms with van der Waals surface area (Å²) in [6, 6.07) is 10.2. The lowest BCUT2D eigenvalue weighted by atomic mass is 9.89. The molecule has 4 atom stereocenters. The van der Waals surface area contributed by atoms with Crippen LogP contribution in [0.1, 0.15) is 55.0 Å². The van der Waals surface area contributed by atoms with E-state index in [-0.39, 0.29) is 6.04 Å². The smallest absolute Gasteiger partial charge is 0.237 e. The Balaban J connectivity index is 1.59. The highest BCUT2D eigenvalue weighted by Crippen LogP contribution is 2.52. The van der Waals surface area contributed by atoms with Crippen LogP contribution in [0.15, 0.2) is 34.7 Å². The predicted molar refractivity (Wildman–Crippen MR) is 79.8 cm³/mol. The molecule has 1 heterocycles. The fourth-order valence-electron chi connectivity index (χ4n) is 4.14. The van der Waals surface area contributed by atoms with Gasteiger partial charge in [0.25, 0.3) is 0 Å². The average Bonchev–Trinajstić information content (AvgIpc) is 3.25.